The first-order chi connectivity index (χ1) is 26.1. The van der Waals surface area contributed by atoms with Crippen molar-refractivity contribution in [3.05, 3.63) is 71.1 Å². The van der Waals surface area contributed by atoms with Crippen molar-refractivity contribution in [1.29, 1.82) is 0 Å². The van der Waals surface area contributed by atoms with Gasteiger partial charge in [-0.3, -0.25) is 19.3 Å². The number of β-amino-alcohol motifs (C(OH)–C–C–N with tert-alkyl or cyclic N) is 1. The summed E-state index contributed by atoms with van der Waals surface area (Å²) in [5, 5.41) is 34.9. The molecule has 3 amide bonds. The first-order valence-electron chi connectivity index (χ1n) is 18.3. The minimum Gasteiger partial charge on any atom is -0.507 e. The van der Waals surface area contributed by atoms with Gasteiger partial charge in [-0.05, 0) is 54.7 Å². The molecule has 292 valence electrons. The summed E-state index contributed by atoms with van der Waals surface area (Å²) in [5.74, 6) is -1.63. The van der Waals surface area contributed by atoms with Crippen molar-refractivity contribution in [1.82, 2.24) is 35.6 Å². The molecule has 4 atom stereocenters. The number of aromatic hydroxyl groups is 1. The summed E-state index contributed by atoms with van der Waals surface area (Å²) in [6.45, 7) is 11.4. The molecule has 4 aromatic rings. The van der Waals surface area contributed by atoms with Gasteiger partial charge in [0.1, 0.15) is 23.7 Å². The zero-order chi connectivity index (χ0) is 39.6. The van der Waals surface area contributed by atoms with Crippen molar-refractivity contribution < 1.29 is 29.0 Å². The monoisotopic (exact) mass is 773 g/mol. The number of aliphatic hydroxyl groups is 1. The molecule has 2 aliphatic rings. The average molecular weight is 774 g/mol. The van der Waals surface area contributed by atoms with Crippen LogP contribution < -0.4 is 21.3 Å². The molecule has 2 fully saturated rings. The van der Waals surface area contributed by atoms with E-state index >= 15 is 0 Å². The van der Waals surface area contributed by atoms with Crippen LogP contribution in [-0.4, -0.2) is 110 Å². The van der Waals surface area contributed by atoms with E-state index in [2.05, 4.69) is 25.8 Å². The third kappa shape index (κ3) is 9.03. The maximum Gasteiger partial charge on any atom is 0.246 e. The first kappa shape index (κ1) is 39.5. The zero-order valence-corrected chi connectivity index (χ0v) is 32.4. The largest absolute Gasteiger partial charge is 0.507 e. The van der Waals surface area contributed by atoms with Crippen molar-refractivity contribution >= 4 is 40.6 Å². The average Bonchev–Trinajstić information content (AvgIpc) is 3.76. The second-order valence-electron chi connectivity index (χ2n) is 15.3. The number of carbonyl (C=O) groups is 3. The lowest BCUT2D eigenvalue weighted by Gasteiger charge is -2.38. The van der Waals surface area contributed by atoms with Crippen LogP contribution >= 0.6 is 11.3 Å². The Hall–Kier alpha value is -5.19. The summed E-state index contributed by atoms with van der Waals surface area (Å²) < 4.78 is 13.9. The molecule has 2 aliphatic heterocycles. The quantitative estimate of drug-likeness (QED) is 0.159. The Kier molecular flexibility index (Phi) is 11.7. The summed E-state index contributed by atoms with van der Waals surface area (Å²) in [4.78, 5) is 52.0. The van der Waals surface area contributed by atoms with E-state index in [-0.39, 0.29) is 60.2 Å². The smallest absolute Gasteiger partial charge is 0.246 e. The van der Waals surface area contributed by atoms with Gasteiger partial charge in [-0.2, -0.15) is 0 Å². The number of nitrogens with zero attached hydrogens (tertiary/aromatic N) is 6. The number of anilines is 2. The Morgan fingerprint density at radius 3 is 2.40 bits per heavy atom. The summed E-state index contributed by atoms with van der Waals surface area (Å²) in [6, 6.07) is 10.9. The number of aryl methyl sites for hydroxylation is 1. The van der Waals surface area contributed by atoms with Gasteiger partial charge < -0.3 is 36.4 Å². The molecule has 0 radical (unpaired) electrons. The number of nitrogens with two attached hydrogens (primary N) is 1. The first-order valence-corrected chi connectivity index (χ1v) is 19.1. The van der Waals surface area contributed by atoms with Crippen molar-refractivity contribution in [2.24, 2.45) is 5.41 Å². The van der Waals surface area contributed by atoms with Crippen LogP contribution in [-0.2, 0) is 14.4 Å². The second kappa shape index (κ2) is 16.3. The fourth-order valence-corrected chi connectivity index (χ4v) is 7.87. The molecule has 2 aromatic carbocycles. The fourth-order valence-electron chi connectivity index (χ4n) is 7.06. The van der Waals surface area contributed by atoms with Gasteiger partial charge in [-0.15, -0.1) is 21.5 Å². The number of piperazine rings is 1. The topological polar surface area (TPSA) is 190 Å². The molecule has 0 spiro atoms. The predicted octanol–water partition coefficient (Wildman–Crippen LogP) is 3.49. The van der Waals surface area contributed by atoms with Crippen molar-refractivity contribution in [3.63, 3.8) is 0 Å². The number of nitrogen functional groups attached to an aromatic ring is 1. The van der Waals surface area contributed by atoms with Gasteiger partial charge in [-0.1, -0.05) is 45.0 Å². The van der Waals surface area contributed by atoms with Gasteiger partial charge >= 0.3 is 0 Å². The molecule has 14 nitrogen and oxygen atoms in total. The Bertz CT molecular complexity index is 2030. The number of aromatic nitrogens is 3. The van der Waals surface area contributed by atoms with Crippen molar-refractivity contribution in [2.45, 2.75) is 65.3 Å². The molecule has 4 heterocycles. The number of halogens is 1. The molecule has 6 N–H and O–H groups in total. The highest BCUT2D eigenvalue weighted by Crippen LogP contribution is 2.33. The van der Waals surface area contributed by atoms with E-state index in [1.54, 1.807) is 17.4 Å². The normalized spacial score (nSPS) is 18.9. The molecule has 0 aliphatic carbocycles. The number of rotatable bonds is 10. The third-order valence-electron chi connectivity index (χ3n) is 10.2. The van der Waals surface area contributed by atoms with E-state index in [9.17, 15) is 29.0 Å². The van der Waals surface area contributed by atoms with Gasteiger partial charge in [-0.25, -0.2) is 9.37 Å². The van der Waals surface area contributed by atoms with Crippen LogP contribution in [0.4, 0.5) is 15.9 Å². The molecule has 2 saturated heterocycles. The van der Waals surface area contributed by atoms with Crippen LogP contribution in [0.1, 0.15) is 51.4 Å². The van der Waals surface area contributed by atoms with E-state index in [1.165, 1.54) is 17.0 Å². The maximum atomic E-state index is 14.2. The zero-order valence-electron chi connectivity index (χ0n) is 31.6. The second-order valence-corrected chi connectivity index (χ2v) is 16.2. The number of nitrogens with one attached hydrogen (secondary N) is 2. The summed E-state index contributed by atoms with van der Waals surface area (Å²) >= 11 is 1.57. The van der Waals surface area contributed by atoms with Gasteiger partial charge in [0.25, 0.3) is 0 Å². The van der Waals surface area contributed by atoms with Crippen molar-refractivity contribution in [2.75, 3.05) is 49.9 Å². The van der Waals surface area contributed by atoms with Gasteiger partial charge in [0, 0.05) is 44.7 Å². The van der Waals surface area contributed by atoms with E-state index in [1.807, 2.05) is 74.2 Å². The lowest BCUT2D eigenvalue weighted by atomic mass is 9.85. The molecule has 55 heavy (non-hydrogen) atoms. The standard InChI is InChI=1S/C39H48FN9O5S/c1-22(24-6-8-25(9-7-24)34-23(2)42-21-55-34)43-37(53)31-17-27(50)19-49(31)38(54)35(39(3,4)5)44-33(52)20-47-12-14-48(15-13-47)30-18-29(45-46-36(30)41)28-16-26(40)10-11-32(28)51/h6-11,16,18,21-22,27,31,35,50-51H,12-15,17,19-20H2,1-5H3,(H2,41,46)(H,43,53)(H,44,52)/t22?,27-,31+,35?/m1/s1. The Morgan fingerprint density at radius 2 is 1.75 bits per heavy atom. The van der Waals surface area contributed by atoms with Gasteiger partial charge in [0.15, 0.2) is 5.82 Å². The van der Waals surface area contributed by atoms with Gasteiger partial charge in [0.2, 0.25) is 17.7 Å². The van der Waals surface area contributed by atoms with Crippen LogP contribution in [0, 0.1) is 18.2 Å². The molecular weight excluding hydrogens is 726 g/mol. The lowest BCUT2D eigenvalue weighted by Crippen LogP contribution is -2.59. The highest BCUT2D eigenvalue weighted by molar-refractivity contribution is 7.13. The number of benzene rings is 2. The van der Waals surface area contributed by atoms with E-state index in [4.69, 9.17) is 5.73 Å². The minimum atomic E-state index is -0.956. The van der Waals surface area contributed by atoms with Crippen LogP contribution in [0.5, 0.6) is 5.75 Å². The van der Waals surface area contributed by atoms with Gasteiger partial charge in [0.05, 0.1) is 46.2 Å². The Labute approximate surface area is 323 Å². The molecule has 0 saturated carbocycles. The minimum absolute atomic E-state index is 0.0217. The molecule has 6 rings (SSSR count). The number of carbonyl (C=O) groups excluding carboxylic acids is 3. The van der Waals surface area contributed by atoms with E-state index in [0.29, 0.717) is 31.9 Å². The number of phenols is 1. The van der Waals surface area contributed by atoms with Crippen molar-refractivity contribution in [3.8, 4) is 27.4 Å². The number of likely N-dealkylation sites (tertiary alicyclic amines) is 1. The number of hydrogen-bond donors (Lipinski definition) is 5. The molecule has 0 bridgehead atoms. The molecule has 2 aromatic heterocycles. The Balaban J connectivity index is 1.06. The van der Waals surface area contributed by atoms with Crippen LogP contribution in [0.3, 0.4) is 0 Å². The van der Waals surface area contributed by atoms with Crippen LogP contribution in [0.25, 0.3) is 21.7 Å². The lowest BCUT2D eigenvalue weighted by molar-refractivity contribution is -0.144. The number of phenolic OH excluding ortho intramolecular Hbond substituents is 1. The fraction of sp³-hybridized carbons (Fsp3) is 0.436. The number of amides is 3. The molecular formula is C39H48FN9O5S. The number of thiazole rings is 1. The highest BCUT2D eigenvalue weighted by atomic mass is 32.1. The predicted molar refractivity (Wildman–Crippen MR) is 209 cm³/mol. The van der Waals surface area contributed by atoms with E-state index < -0.39 is 35.3 Å². The third-order valence-corrected chi connectivity index (χ3v) is 11.2. The highest BCUT2D eigenvalue weighted by Gasteiger charge is 2.45. The van der Waals surface area contributed by atoms with E-state index in [0.717, 1.165) is 27.8 Å². The number of hydrogen-bond acceptors (Lipinski definition) is 12. The molecule has 16 heteroatoms. The summed E-state index contributed by atoms with van der Waals surface area (Å²) in [6.07, 6.45) is -0.796. The SMILES string of the molecule is Cc1ncsc1-c1ccc(C(C)NC(=O)[C@@H]2C[C@@H](O)CN2C(=O)C(NC(=O)CN2CCN(c3cc(-c4cc(F)ccc4O)nnc3N)CC2)C(C)(C)C)cc1. The van der Waals surface area contributed by atoms with Crippen LogP contribution in [0.2, 0.25) is 0 Å². The summed E-state index contributed by atoms with van der Waals surface area (Å²) in [5.41, 5.74) is 11.2. The maximum absolute atomic E-state index is 14.2. The molecule has 2 unspecified atom stereocenters. The number of aliphatic hydroxyl groups excluding tert-OH is 1. The van der Waals surface area contributed by atoms with Crippen LogP contribution in [0.15, 0.2) is 54.0 Å². The summed E-state index contributed by atoms with van der Waals surface area (Å²) in [7, 11) is 0. The Morgan fingerprint density at radius 1 is 1.04 bits per heavy atom.